The van der Waals surface area contributed by atoms with Gasteiger partial charge >= 0.3 is 0 Å². The second kappa shape index (κ2) is 12.3. The van der Waals surface area contributed by atoms with Crippen LogP contribution in [0.3, 0.4) is 0 Å². The lowest BCUT2D eigenvalue weighted by Gasteiger charge is -2.13. The molecule has 0 atom stereocenters. The van der Waals surface area contributed by atoms with Crippen molar-refractivity contribution in [1.82, 2.24) is 10.2 Å². The Morgan fingerprint density at radius 1 is 1.36 bits per heavy atom. The first-order chi connectivity index (χ1) is 5.31. The van der Waals surface area contributed by atoms with Gasteiger partial charge in [0.15, 0.2) is 0 Å². The lowest BCUT2D eigenvalue weighted by Crippen LogP contribution is -2.31. The number of nitrogens with zero attached hydrogens (tertiary/aromatic N) is 1. The first-order valence-corrected chi connectivity index (χ1v) is 3.84. The van der Waals surface area contributed by atoms with Gasteiger partial charge in [-0.15, -0.1) is 13.2 Å². The third-order valence-corrected chi connectivity index (χ3v) is 1.25. The number of nitrogens with two attached hydrogens (primary N) is 1. The van der Waals surface area contributed by atoms with Crippen LogP contribution in [-0.2, 0) is 0 Å². The molecule has 0 bridgehead atoms. The second-order valence-electron chi connectivity index (χ2n) is 2.20. The SMILES string of the molecule is C=C.CNCCN(C)CCN. The summed E-state index contributed by atoms with van der Waals surface area (Å²) in [5.41, 5.74) is 5.34. The minimum atomic E-state index is 0.750. The van der Waals surface area contributed by atoms with Crippen molar-refractivity contribution in [1.29, 1.82) is 0 Å². The average molecular weight is 159 g/mol. The van der Waals surface area contributed by atoms with E-state index in [1.165, 1.54) is 0 Å². The summed E-state index contributed by atoms with van der Waals surface area (Å²) in [5, 5.41) is 3.07. The van der Waals surface area contributed by atoms with E-state index in [-0.39, 0.29) is 0 Å². The van der Waals surface area contributed by atoms with Crippen LogP contribution in [0.15, 0.2) is 13.2 Å². The van der Waals surface area contributed by atoms with Crippen molar-refractivity contribution in [2.45, 2.75) is 0 Å². The lowest BCUT2D eigenvalue weighted by atomic mass is 10.5. The van der Waals surface area contributed by atoms with Crippen LogP contribution in [0.4, 0.5) is 0 Å². The minimum absolute atomic E-state index is 0.750. The van der Waals surface area contributed by atoms with E-state index in [9.17, 15) is 0 Å². The third kappa shape index (κ3) is 12.7. The average Bonchev–Trinajstić information content (AvgIpc) is 2.05. The summed E-state index contributed by atoms with van der Waals surface area (Å²) in [7, 11) is 4.03. The molecule has 0 aromatic carbocycles. The molecule has 0 unspecified atom stereocenters. The van der Waals surface area contributed by atoms with Crippen LogP contribution >= 0.6 is 0 Å². The van der Waals surface area contributed by atoms with Gasteiger partial charge < -0.3 is 16.0 Å². The molecule has 0 amide bonds. The highest BCUT2D eigenvalue weighted by Gasteiger charge is 1.92. The molecular weight excluding hydrogens is 138 g/mol. The maximum atomic E-state index is 5.34. The molecule has 3 nitrogen and oxygen atoms in total. The van der Waals surface area contributed by atoms with Gasteiger partial charge in [0.2, 0.25) is 0 Å². The monoisotopic (exact) mass is 159 g/mol. The van der Waals surface area contributed by atoms with Gasteiger partial charge in [0.05, 0.1) is 0 Å². The quantitative estimate of drug-likeness (QED) is 0.550. The molecular formula is C8H21N3. The molecule has 0 saturated carbocycles. The predicted octanol–water partition coefficient (Wildman–Crippen LogP) is -0.101. The third-order valence-electron chi connectivity index (χ3n) is 1.25. The fraction of sp³-hybridized carbons (Fsp3) is 0.750. The van der Waals surface area contributed by atoms with E-state index in [0.29, 0.717) is 0 Å². The van der Waals surface area contributed by atoms with Crippen molar-refractivity contribution in [3.63, 3.8) is 0 Å². The van der Waals surface area contributed by atoms with Crippen LogP contribution in [-0.4, -0.2) is 45.2 Å². The fourth-order valence-electron chi connectivity index (χ4n) is 0.635. The molecule has 0 aliphatic carbocycles. The van der Waals surface area contributed by atoms with Crippen LogP contribution < -0.4 is 11.1 Å². The number of nitrogens with one attached hydrogen (secondary N) is 1. The standard InChI is InChI=1S/C6H17N3.C2H4/c1-8-4-6-9(2)5-3-7;1-2/h8H,3-7H2,1-2H3;1-2H2. The molecule has 0 fully saturated rings. The molecule has 68 valence electrons. The Kier molecular flexibility index (Phi) is 14.8. The van der Waals surface area contributed by atoms with Gasteiger partial charge in [-0.1, -0.05) is 0 Å². The first-order valence-electron chi connectivity index (χ1n) is 3.84. The molecule has 0 aromatic rings. The molecule has 0 radical (unpaired) electrons. The zero-order chi connectivity index (χ0) is 9.11. The maximum absolute atomic E-state index is 5.34. The highest BCUT2D eigenvalue weighted by Crippen LogP contribution is 1.75. The predicted molar refractivity (Wildman–Crippen MR) is 51.7 cm³/mol. The summed E-state index contributed by atoms with van der Waals surface area (Å²) < 4.78 is 0. The maximum Gasteiger partial charge on any atom is 0.0104 e. The Labute approximate surface area is 70.3 Å². The number of likely N-dealkylation sites (N-methyl/N-ethyl adjacent to an activating group) is 2. The van der Waals surface area contributed by atoms with E-state index in [0.717, 1.165) is 26.2 Å². The number of rotatable bonds is 5. The van der Waals surface area contributed by atoms with Gasteiger partial charge in [0, 0.05) is 26.2 Å². The molecule has 0 spiro atoms. The van der Waals surface area contributed by atoms with Crippen molar-refractivity contribution in [2.75, 3.05) is 40.3 Å². The Morgan fingerprint density at radius 2 is 1.91 bits per heavy atom. The smallest absolute Gasteiger partial charge is 0.0104 e. The molecule has 0 saturated heterocycles. The van der Waals surface area contributed by atoms with Gasteiger partial charge in [-0.2, -0.15) is 0 Å². The van der Waals surface area contributed by atoms with E-state index in [1.54, 1.807) is 0 Å². The number of hydrogen-bond donors (Lipinski definition) is 2. The topological polar surface area (TPSA) is 41.3 Å². The van der Waals surface area contributed by atoms with Gasteiger partial charge in [-0.3, -0.25) is 0 Å². The largest absolute Gasteiger partial charge is 0.329 e. The van der Waals surface area contributed by atoms with E-state index in [2.05, 4.69) is 30.4 Å². The van der Waals surface area contributed by atoms with Crippen LogP contribution in [0.5, 0.6) is 0 Å². The molecule has 3 heteroatoms. The molecule has 0 heterocycles. The van der Waals surface area contributed by atoms with Crippen molar-refractivity contribution in [3.05, 3.63) is 13.2 Å². The molecule has 0 rings (SSSR count). The van der Waals surface area contributed by atoms with Gasteiger partial charge in [0.1, 0.15) is 0 Å². The lowest BCUT2D eigenvalue weighted by molar-refractivity contribution is 0.344. The van der Waals surface area contributed by atoms with Gasteiger partial charge in [0.25, 0.3) is 0 Å². The highest BCUT2D eigenvalue weighted by molar-refractivity contribution is 4.51. The molecule has 3 N–H and O–H groups in total. The van der Waals surface area contributed by atoms with Crippen LogP contribution in [0, 0.1) is 0 Å². The van der Waals surface area contributed by atoms with Crippen LogP contribution in [0.25, 0.3) is 0 Å². The van der Waals surface area contributed by atoms with Crippen LogP contribution in [0.1, 0.15) is 0 Å². The Bertz CT molecular complexity index is 66.4. The number of hydrogen-bond acceptors (Lipinski definition) is 3. The summed E-state index contributed by atoms with van der Waals surface area (Å²) in [5.74, 6) is 0. The minimum Gasteiger partial charge on any atom is -0.329 e. The zero-order valence-corrected chi connectivity index (χ0v) is 7.77. The summed E-state index contributed by atoms with van der Waals surface area (Å²) >= 11 is 0. The Balaban J connectivity index is 0. The Morgan fingerprint density at radius 3 is 2.27 bits per heavy atom. The molecule has 11 heavy (non-hydrogen) atoms. The zero-order valence-electron chi connectivity index (χ0n) is 7.77. The summed E-state index contributed by atoms with van der Waals surface area (Å²) in [6.45, 7) is 9.85. The summed E-state index contributed by atoms with van der Waals surface area (Å²) in [4.78, 5) is 2.20. The molecule has 0 aliphatic rings. The summed E-state index contributed by atoms with van der Waals surface area (Å²) in [6, 6.07) is 0. The second-order valence-corrected chi connectivity index (χ2v) is 2.20. The fourth-order valence-corrected chi connectivity index (χ4v) is 0.635. The molecule has 0 aromatic heterocycles. The first kappa shape index (κ1) is 13.2. The van der Waals surface area contributed by atoms with Crippen molar-refractivity contribution < 1.29 is 0 Å². The van der Waals surface area contributed by atoms with Crippen molar-refractivity contribution >= 4 is 0 Å². The van der Waals surface area contributed by atoms with Crippen molar-refractivity contribution in [3.8, 4) is 0 Å². The van der Waals surface area contributed by atoms with E-state index >= 15 is 0 Å². The van der Waals surface area contributed by atoms with E-state index < -0.39 is 0 Å². The highest BCUT2D eigenvalue weighted by atomic mass is 15.1. The van der Waals surface area contributed by atoms with E-state index in [1.807, 2.05) is 7.05 Å². The Hall–Kier alpha value is -0.380. The van der Waals surface area contributed by atoms with Gasteiger partial charge in [-0.05, 0) is 14.1 Å². The van der Waals surface area contributed by atoms with Crippen LogP contribution in [0.2, 0.25) is 0 Å². The normalized spacial score (nSPS) is 9.09. The van der Waals surface area contributed by atoms with E-state index in [4.69, 9.17) is 5.73 Å². The van der Waals surface area contributed by atoms with Crippen molar-refractivity contribution in [2.24, 2.45) is 5.73 Å². The summed E-state index contributed by atoms with van der Waals surface area (Å²) in [6.07, 6.45) is 0. The van der Waals surface area contributed by atoms with Gasteiger partial charge in [-0.25, -0.2) is 0 Å². The molecule has 0 aliphatic heterocycles.